The number of hydrogen-bond donors (Lipinski definition) is 1. The van der Waals surface area contributed by atoms with Crippen LogP contribution >= 0.6 is 0 Å². The van der Waals surface area contributed by atoms with E-state index >= 15 is 0 Å². The zero-order valence-corrected chi connectivity index (χ0v) is 19.9. The lowest BCUT2D eigenvalue weighted by atomic mass is 10.2. The van der Waals surface area contributed by atoms with E-state index in [1.54, 1.807) is 18.3 Å². The summed E-state index contributed by atoms with van der Waals surface area (Å²) in [6.45, 7) is 8.74. The Kier molecular flexibility index (Phi) is 6.68. The maximum Gasteiger partial charge on any atom is 0.275 e. The number of fused-ring (bicyclic) bond motifs is 1. The van der Waals surface area contributed by atoms with E-state index in [9.17, 15) is 13.2 Å². The van der Waals surface area contributed by atoms with Crippen molar-refractivity contribution < 1.29 is 17.9 Å². The molecule has 9 nitrogen and oxygen atoms in total. The minimum absolute atomic E-state index is 0.140. The lowest BCUT2D eigenvalue weighted by Gasteiger charge is -2.28. The van der Waals surface area contributed by atoms with Gasteiger partial charge in [0.25, 0.3) is 5.91 Å². The summed E-state index contributed by atoms with van der Waals surface area (Å²) >= 11 is 0. The van der Waals surface area contributed by atoms with Crippen molar-refractivity contribution in [2.24, 2.45) is 0 Å². The number of ether oxygens (including phenoxy) is 1. The Hall–Kier alpha value is -2.95. The molecule has 1 aliphatic rings. The molecular weight excluding hydrogens is 442 g/mol. The number of sulfonamides is 1. The van der Waals surface area contributed by atoms with Gasteiger partial charge in [-0.2, -0.15) is 4.31 Å². The van der Waals surface area contributed by atoms with E-state index in [1.807, 2.05) is 43.4 Å². The largest absolute Gasteiger partial charge is 0.379 e. The predicted octanol–water partition coefficient (Wildman–Crippen LogP) is 2.76. The third-order valence-electron chi connectivity index (χ3n) is 5.86. The minimum atomic E-state index is -3.70. The lowest BCUT2D eigenvalue weighted by molar-refractivity contribution is 0.0730. The molecule has 3 aromatic rings. The van der Waals surface area contributed by atoms with Crippen LogP contribution in [0.1, 0.15) is 30.0 Å². The van der Waals surface area contributed by atoms with Crippen LogP contribution in [-0.2, 0) is 14.8 Å². The fourth-order valence-corrected chi connectivity index (χ4v) is 5.43. The molecule has 1 aliphatic heterocycles. The minimum Gasteiger partial charge on any atom is -0.379 e. The summed E-state index contributed by atoms with van der Waals surface area (Å²) in [4.78, 5) is 19.8. The van der Waals surface area contributed by atoms with Gasteiger partial charge in [-0.05, 0) is 51.1 Å². The molecule has 3 heterocycles. The summed E-state index contributed by atoms with van der Waals surface area (Å²) in [7, 11) is -3.70. The molecule has 10 heteroatoms. The van der Waals surface area contributed by atoms with Crippen molar-refractivity contribution >= 4 is 33.0 Å². The van der Waals surface area contributed by atoms with Gasteiger partial charge >= 0.3 is 0 Å². The molecule has 0 unspecified atom stereocenters. The van der Waals surface area contributed by atoms with Crippen LogP contribution < -0.4 is 10.2 Å². The first-order valence-electron chi connectivity index (χ1n) is 11.1. The number of anilines is 2. The van der Waals surface area contributed by atoms with Gasteiger partial charge in [-0.3, -0.25) is 4.79 Å². The number of nitrogens with one attached hydrogen (secondary N) is 1. The summed E-state index contributed by atoms with van der Waals surface area (Å²) in [6, 6.07) is 10.6. The van der Waals surface area contributed by atoms with Crippen molar-refractivity contribution in [3.05, 3.63) is 54.0 Å². The highest BCUT2D eigenvalue weighted by atomic mass is 32.2. The number of hydrogen-bond acceptors (Lipinski definition) is 6. The number of rotatable bonds is 7. The standard InChI is InChI=1S/C23H29N5O4S/c1-4-26(5-2)21-10-9-18(33(30,31)27-11-13-32-14-12-27)15-19(21)25-23(29)20-16-28-17(3)7-6-8-22(28)24-20/h6-10,15-16H,4-5,11-14H2,1-3H3,(H,25,29). The highest BCUT2D eigenvalue weighted by Gasteiger charge is 2.28. The predicted molar refractivity (Wildman–Crippen MR) is 127 cm³/mol. The number of carbonyl (C=O) groups excluding carboxylic acids is 1. The van der Waals surface area contributed by atoms with Gasteiger partial charge in [-0.1, -0.05) is 6.07 Å². The van der Waals surface area contributed by atoms with Gasteiger partial charge in [0.1, 0.15) is 11.3 Å². The fraction of sp³-hybridized carbons (Fsp3) is 0.391. The molecule has 1 fully saturated rings. The molecule has 2 aromatic heterocycles. The van der Waals surface area contributed by atoms with Crippen molar-refractivity contribution in [3.63, 3.8) is 0 Å². The average Bonchev–Trinajstić information content (AvgIpc) is 3.27. The van der Waals surface area contributed by atoms with Crippen LogP contribution in [0.4, 0.5) is 11.4 Å². The molecule has 1 aromatic carbocycles. The Balaban J connectivity index is 1.71. The smallest absolute Gasteiger partial charge is 0.275 e. The van der Waals surface area contributed by atoms with E-state index < -0.39 is 15.9 Å². The van der Waals surface area contributed by atoms with Crippen molar-refractivity contribution in [2.45, 2.75) is 25.7 Å². The summed E-state index contributed by atoms with van der Waals surface area (Å²) < 4.78 is 35.0. The van der Waals surface area contributed by atoms with E-state index in [0.717, 1.165) is 11.4 Å². The number of amides is 1. The third kappa shape index (κ3) is 4.59. The van der Waals surface area contributed by atoms with Crippen LogP contribution in [0.5, 0.6) is 0 Å². The van der Waals surface area contributed by atoms with Crippen molar-refractivity contribution in [1.82, 2.24) is 13.7 Å². The second kappa shape index (κ2) is 9.50. The number of imidazole rings is 1. The van der Waals surface area contributed by atoms with E-state index in [4.69, 9.17) is 4.74 Å². The average molecular weight is 472 g/mol. The number of morpholine rings is 1. The molecule has 1 N–H and O–H groups in total. The number of aromatic nitrogens is 2. The first-order chi connectivity index (χ1) is 15.8. The van der Waals surface area contributed by atoms with Crippen LogP contribution in [0.25, 0.3) is 5.65 Å². The fourth-order valence-electron chi connectivity index (χ4n) is 4.00. The van der Waals surface area contributed by atoms with Crippen molar-refractivity contribution in [2.75, 3.05) is 49.6 Å². The number of pyridine rings is 1. The molecule has 1 amide bonds. The first-order valence-corrected chi connectivity index (χ1v) is 12.5. The van der Waals surface area contributed by atoms with E-state index in [0.29, 0.717) is 50.7 Å². The maximum atomic E-state index is 13.2. The molecule has 0 saturated carbocycles. The second-order valence-electron chi connectivity index (χ2n) is 7.84. The summed E-state index contributed by atoms with van der Waals surface area (Å²) in [5.74, 6) is -0.396. The first kappa shape index (κ1) is 23.2. The Morgan fingerprint density at radius 2 is 1.88 bits per heavy atom. The zero-order valence-electron chi connectivity index (χ0n) is 19.1. The number of carbonyl (C=O) groups is 1. The molecule has 0 atom stereocenters. The van der Waals surface area contributed by atoms with Crippen LogP contribution in [0.2, 0.25) is 0 Å². The Labute approximate surface area is 194 Å². The molecule has 0 radical (unpaired) electrons. The van der Waals surface area contributed by atoms with Crippen LogP contribution in [0, 0.1) is 6.92 Å². The molecule has 33 heavy (non-hydrogen) atoms. The highest BCUT2D eigenvalue weighted by molar-refractivity contribution is 7.89. The Morgan fingerprint density at radius 3 is 2.55 bits per heavy atom. The van der Waals surface area contributed by atoms with Gasteiger partial charge in [0.15, 0.2) is 0 Å². The van der Waals surface area contributed by atoms with Gasteiger partial charge in [0.05, 0.1) is 29.5 Å². The molecule has 0 spiro atoms. The normalized spacial score (nSPS) is 15.0. The van der Waals surface area contributed by atoms with E-state index in [-0.39, 0.29) is 10.6 Å². The van der Waals surface area contributed by atoms with Crippen LogP contribution in [0.15, 0.2) is 47.5 Å². The topological polar surface area (TPSA) is 96.3 Å². The lowest BCUT2D eigenvalue weighted by Crippen LogP contribution is -2.40. The molecule has 0 bridgehead atoms. The molecule has 0 aliphatic carbocycles. The van der Waals surface area contributed by atoms with Crippen molar-refractivity contribution in [1.29, 1.82) is 0 Å². The van der Waals surface area contributed by atoms with Crippen molar-refractivity contribution in [3.8, 4) is 0 Å². The summed E-state index contributed by atoms with van der Waals surface area (Å²) in [5, 5.41) is 2.91. The monoisotopic (exact) mass is 471 g/mol. The van der Waals surface area contributed by atoms with Gasteiger partial charge < -0.3 is 19.4 Å². The van der Waals surface area contributed by atoms with Crippen LogP contribution in [-0.4, -0.2) is 67.4 Å². The Morgan fingerprint density at radius 1 is 1.15 bits per heavy atom. The van der Waals surface area contributed by atoms with Gasteiger partial charge in [0, 0.05) is 38.1 Å². The van der Waals surface area contributed by atoms with Gasteiger partial charge in [-0.25, -0.2) is 13.4 Å². The SMILES string of the molecule is CCN(CC)c1ccc(S(=O)(=O)N2CCOCC2)cc1NC(=O)c1cn2c(C)cccc2n1. The summed E-state index contributed by atoms with van der Waals surface area (Å²) in [5.41, 5.74) is 3.09. The summed E-state index contributed by atoms with van der Waals surface area (Å²) in [6.07, 6.45) is 1.69. The molecule has 176 valence electrons. The third-order valence-corrected chi connectivity index (χ3v) is 7.75. The van der Waals surface area contributed by atoms with Gasteiger partial charge in [0.2, 0.25) is 10.0 Å². The van der Waals surface area contributed by atoms with E-state index in [2.05, 4.69) is 15.2 Å². The Bertz CT molecular complexity index is 1260. The van der Waals surface area contributed by atoms with Crippen LogP contribution in [0.3, 0.4) is 0 Å². The number of nitrogens with zero attached hydrogens (tertiary/aromatic N) is 4. The highest BCUT2D eigenvalue weighted by Crippen LogP contribution is 2.31. The number of benzene rings is 1. The molecule has 4 rings (SSSR count). The molecule has 1 saturated heterocycles. The maximum absolute atomic E-state index is 13.2. The zero-order chi connectivity index (χ0) is 23.6. The van der Waals surface area contributed by atoms with Gasteiger partial charge in [-0.15, -0.1) is 0 Å². The number of aryl methyl sites for hydroxylation is 1. The van der Waals surface area contributed by atoms with E-state index in [1.165, 1.54) is 10.4 Å². The quantitative estimate of drug-likeness (QED) is 0.569. The molecular formula is C23H29N5O4S. The second-order valence-corrected chi connectivity index (χ2v) is 9.78.